The molecule has 1 aromatic rings. The van der Waals surface area contributed by atoms with Crippen molar-refractivity contribution in [1.82, 2.24) is 9.97 Å². The van der Waals surface area contributed by atoms with Crippen molar-refractivity contribution >= 4 is 11.6 Å². The molecule has 0 aromatic carbocycles. The second-order valence-corrected chi connectivity index (χ2v) is 3.49. The zero-order chi connectivity index (χ0) is 11.3. The van der Waals surface area contributed by atoms with Crippen LogP contribution in [0.2, 0.25) is 0 Å². The number of nitrogens with zero attached hydrogens (tertiary/aromatic N) is 3. The zero-order valence-electron chi connectivity index (χ0n) is 9.57. The Hall–Kier alpha value is -1.36. The highest BCUT2D eigenvalue weighted by molar-refractivity contribution is 5.43. The lowest BCUT2D eigenvalue weighted by molar-refractivity contribution is 0.586. The average molecular weight is 209 g/mol. The molecule has 0 saturated carbocycles. The third kappa shape index (κ3) is 2.79. The molecule has 0 radical (unpaired) electrons. The molecule has 0 unspecified atom stereocenters. The first-order valence-corrected chi connectivity index (χ1v) is 5.24. The molecule has 1 heterocycles. The summed E-state index contributed by atoms with van der Waals surface area (Å²) in [6, 6.07) is 0.493. The Morgan fingerprint density at radius 1 is 1.40 bits per heavy atom. The van der Waals surface area contributed by atoms with Crippen LogP contribution in [0.25, 0.3) is 0 Å². The summed E-state index contributed by atoms with van der Waals surface area (Å²) in [5, 5.41) is 0. The van der Waals surface area contributed by atoms with Gasteiger partial charge in [0.1, 0.15) is 5.82 Å². The van der Waals surface area contributed by atoms with E-state index in [0.29, 0.717) is 11.9 Å². The van der Waals surface area contributed by atoms with Crippen LogP contribution in [-0.2, 0) is 0 Å². The molecule has 0 saturated heterocycles. The molecule has 0 atom stereocenters. The van der Waals surface area contributed by atoms with E-state index in [2.05, 4.69) is 34.1 Å². The molecular weight excluding hydrogens is 190 g/mol. The molecule has 3 N–H and O–H groups in total. The minimum atomic E-state index is 0.493. The molecule has 0 aliphatic heterocycles. The Kier molecular flexibility index (Phi) is 4.30. The van der Waals surface area contributed by atoms with Crippen LogP contribution in [0.1, 0.15) is 26.7 Å². The minimum Gasteiger partial charge on any atom is -0.355 e. The van der Waals surface area contributed by atoms with Crippen LogP contribution in [0.5, 0.6) is 0 Å². The molecule has 84 valence electrons. The number of nitrogen functional groups attached to an aromatic ring is 1. The topological polar surface area (TPSA) is 67.1 Å². The summed E-state index contributed by atoms with van der Waals surface area (Å²) in [7, 11) is 2.03. The van der Waals surface area contributed by atoms with Crippen molar-refractivity contribution in [3.63, 3.8) is 0 Å². The van der Waals surface area contributed by atoms with Gasteiger partial charge in [0.25, 0.3) is 0 Å². The van der Waals surface area contributed by atoms with Crippen LogP contribution in [0.15, 0.2) is 12.4 Å². The molecule has 0 fully saturated rings. The van der Waals surface area contributed by atoms with E-state index in [4.69, 9.17) is 5.84 Å². The molecule has 0 aliphatic carbocycles. The van der Waals surface area contributed by atoms with E-state index in [9.17, 15) is 0 Å². The minimum absolute atomic E-state index is 0.493. The van der Waals surface area contributed by atoms with Gasteiger partial charge in [-0.1, -0.05) is 13.8 Å². The number of nitrogens with two attached hydrogens (primary N) is 1. The van der Waals surface area contributed by atoms with E-state index >= 15 is 0 Å². The summed E-state index contributed by atoms with van der Waals surface area (Å²) < 4.78 is 0. The third-order valence-corrected chi connectivity index (χ3v) is 2.62. The fraction of sp³-hybridized carbons (Fsp3) is 0.600. The van der Waals surface area contributed by atoms with Gasteiger partial charge in [-0.2, -0.15) is 0 Å². The molecule has 0 spiro atoms. The van der Waals surface area contributed by atoms with E-state index < -0.39 is 0 Å². The van der Waals surface area contributed by atoms with Gasteiger partial charge in [0.2, 0.25) is 0 Å². The number of anilines is 2. The molecule has 1 rings (SSSR count). The number of hydrazine groups is 1. The Bertz CT molecular complexity index is 298. The highest BCUT2D eigenvalue weighted by Gasteiger charge is 2.12. The summed E-state index contributed by atoms with van der Waals surface area (Å²) in [4.78, 5) is 10.5. The van der Waals surface area contributed by atoms with Crippen molar-refractivity contribution in [3.8, 4) is 0 Å². The van der Waals surface area contributed by atoms with Crippen molar-refractivity contribution < 1.29 is 0 Å². The highest BCUT2D eigenvalue weighted by atomic mass is 15.3. The van der Waals surface area contributed by atoms with Crippen molar-refractivity contribution in [2.24, 2.45) is 5.84 Å². The second-order valence-electron chi connectivity index (χ2n) is 3.49. The monoisotopic (exact) mass is 209 g/mol. The van der Waals surface area contributed by atoms with Crippen LogP contribution in [0.3, 0.4) is 0 Å². The molecule has 0 bridgehead atoms. The van der Waals surface area contributed by atoms with E-state index in [1.165, 1.54) is 0 Å². The molecule has 0 amide bonds. The number of nitrogens with one attached hydrogen (secondary N) is 1. The summed E-state index contributed by atoms with van der Waals surface area (Å²) in [6.45, 7) is 4.34. The quantitative estimate of drug-likeness (QED) is 0.566. The Balaban J connectivity index is 2.84. The SMILES string of the molecule is CCC(CC)N(C)c1cncc(NN)n1. The summed E-state index contributed by atoms with van der Waals surface area (Å²) >= 11 is 0. The third-order valence-electron chi connectivity index (χ3n) is 2.62. The smallest absolute Gasteiger partial charge is 0.160 e. The number of aromatic nitrogens is 2. The van der Waals surface area contributed by atoms with Crippen LogP contribution >= 0.6 is 0 Å². The van der Waals surface area contributed by atoms with Crippen molar-refractivity contribution in [2.45, 2.75) is 32.7 Å². The molecule has 1 aromatic heterocycles. The number of hydrogen-bond donors (Lipinski definition) is 2. The van der Waals surface area contributed by atoms with Gasteiger partial charge in [-0.3, -0.25) is 4.98 Å². The van der Waals surface area contributed by atoms with Gasteiger partial charge >= 0.3 is 0 Å². The highest BCUT2D eigenvalue weighted by Crippen LogP contribution is 2.16. The maximum Gasteiger partial charge on any atom is 0.160 e. The first-order chi connectivity index (χ1) is 7.22. The molecule has 15 heavy (non-hydrogen) atoms. The Morgan fingerprint density at radius 3 is 2.60 bits per heavy atom. The zero-order valence-corrected chi connectivity index (χ0v) is 9.57. The summed E-state index contributed by atoms with van der Waals surface area (Å²) in [5.41, 5.74) is 2.50. The van der Waals surface area contributed by atoms with E-state index in [1.54, 1.807) is 12.4 Å². The van der Waals surface area contributed by atoms with Gasteiger partial charge in [0.05, 0.1) is 12.4 Å². The maximum atomic E-state index is 5.29. The van der Waals surface area contributed by atoms with Gasteiger partial charge in [-0.25, -0.2) is 10.8 Å². The molecule has 0 aliphatic rings. The van der Waals surface area contributed by atoms with Gasteiger partial charge in [0, 0.05) is 13.1 Å². The average Bonchev–Trinajstić information content (AvgIpc) is 2.30. The largest absolute Gasteiger partial charge is 0.355 e. The fourth-order valence-corrected chi connectivity index (χ4v) is 1.62. The lowest BCUT2D eigenvalue weighted by Gasteiger charge is -2.27. The Morgan fingerprint density at radius 2 is 2.07 bits per heavy atom. The van der Waals surface area contributed by atoms with Crippen LogP contribution in [0.4, 0.5) is 11.6 Å². The van der Waals surface area contributed by atoms with Crippen LogP contribution < -0.4 is 16.2 Å². The standard InChI is InChI=1S/C10H19N5/c1-4-8(5-2)15(3)10-7-12-6-9(13-10)14-11/h6-8H,4-5,11H2,1-3H3,(H,13,14). The van der Waals surface area contributed by atoms with Crippen molar-refractivity contribution in [2.75, 3.05) is 17.4 Å². The summed E-state index contributed by atoms with van der Waals surface area (Å²) in [5.74, 6) is 6.72. The lowest BCUT2D eigenvalue weighted by Crippen LogP contribution is -2.31. The lowest BCUT2D eigenvalue weighted by atomic mass is 10.1. The fourth-order valence-electron chi connectivity index (χ4n) is 1.62. The second kappa shape index (κ2) is 5.50. The maximum absolute atomic E-state index is 5.29. The first-order valence-electron chi connectivity index (χ1n) is 5.24. The van der Waals surface area contributed by atoms with E-state index in [-0.39, 0.29) is 0 Å². The molecular formula is C10H19N5. The van der Waals surface area contributed by atoms with Gasteiger partial charge in [-0.15, -0.1) is 0 Å². The molecule has 5 nitrogen and oxygen atoms in total. The van der Waals surface area contributed by atoms with Gasteiger partial charge in [-0.05, 0) is 12.8 Å². The van der Waals surface area contributed by atoms with E-state index in [1.807, 2.05) is 7.05 Å². The number of hydrogen-bond acceptors (Lipinski definition) is 5. The van der Waals surface area contributed by atoms with Gasteiger partial charge < -0.3 is 10.3 Å². The van der Waals surface area contributed by atoms with Crippen molar-refractivity contribution in [3.05, 3.63) is 12.4 Å². The predicted molar refractivity (Wildman–Crippen MR) is 62.6 cm³/mol. The number of rotatable bonds is 5. The van der Waals surface area contributed by atoms with Crippen LogP contribution in [0, 0.1) is 0 Å². The van der Waals surface area contributed by atoms with Crippen LogP contribution in [-0.4, -0.2) is 23.1 Å². The van der Waals surface area contributed by atoms with Crippen molar-refractivity contribution in [1.29, 1.82) is 0 Å². The summed E-state index contributed by atoms with van der Waals surface area (Å²) in [6.07, 6.45) is 5.54. The molecule has 5 heteroatoms. The Labute approximate surface area is 90.7 Å². The first kappa shape index (κ1) is 11.7. The van der Waals surface area contributed by atoms with Gasteiger partial charge in [0.15, 0.2) is 5.82 Å². The normalized spacial score (nSPS) is 10.5. The predicted octanol–water partition coefficient (Wildman–Crippen LogP) is 1.39. The van der Waals surface area contributed by atoms with E-state index in [0.717, 1.165) is 18.7 Å².